The van der Waals surface area contributed by atoms with E-state index >= 15 is 0 Å². The van der Waals surface area contributed by atoms with Crippen molar-refractivity contribution in [2.45, 2.75) is 32.7 Å². The van der Waals surface area contributed by atoms with Crippen molar-refractivity contribution in [1.82, 2.24) is 15.5 Å². The highest BCUT2D eigenvalue weighted by molar-refractivity contribution is 7.10. The number of fused-ring (bicyclic) bond motifs is 1. The molecule has 3 rings (SSSR count). The molecule has 1 aromatic heterocycles. The fourth-order valence-corrected chi connectivity index (χ4v) is 3.81. The first-order chi connectivity index (χ1) is 13.7. The molecular weight excluding hydrogens is 390 g/mol. The Bertz CT molecular complexity index is 961. The van der Waals surface area contributed by atoms with Gasteiger partial charge in [-0.25, -0.2) is 0 Å². The maximum absolute atomic E-state index is 12.6. The minimum Gasteiger partial charge on any atom is -0.354 e. The third kappa shape index (κ3) is 4.54. The molecule has 0 aliphatic carbocycles. The largest absolute Gasteiger partial charge is 0.354 e. The van der Waals surface area contributed by atoms with Crippen molar-refractivity contribution in [2.24, 2.45) is 0 Å². The molecule has 0 spiro atoms. The Hall–Kier alpha value is -3.00. The van der Waals surface area contributed by atoms with E-state index in [9.17, 15) is 19.2 Å². The Morgan fingerprint density at radius 1 is 1.00 bits per heavy atom. The molecule has 0 unspecified atom stereocenters. The maximum Gasteiger partial charge on any atom is 0.262 e. The lowest BCUT2D eigenvalue weighted by Gasteiger charge is -2.29. The van der Waals surface area contributed by atoms with E-state index < -0.39 is 11.4 Å². The number of thiophene rings is 1. The quantitative estimate of drug-likeness (QED) is 0.561. The standard InChI is InChI=1S/C21H23N3O4S/c1-21(2,3)24-19(27)15-7-6-13(11-16(15)20(24)28)18(26)23-9-8-22-17(25)12-14-5-4-10-29-14/h4-7,10-11H,8-9,12H2,1-3H3,(H,22,25)(H,23,26). The third-order valence-corrected chi connectivity index (χ3v) is 5.34. The monoisotopic (exact) mass is 413 g/mol. The molecule has 1 aliphatic heterocycles. The lowest BCUT2D eigenvalue weighted by molar-refractivity contribution is -0.120. The van der Waals surface area contributed by atoms with Gasteiger partial charge in [0, 0.05) is 29.1 Å². The molecule has 2 aromatic rings. The van der Waals surface area contributed by atoms with Gasteiger partial charge < -0.3 is 10.6 Å². The molecule has 8 heteroatoms. The SMILES string of the molecule is CC(C)(C)N1C(=O)c2ccc(C(=O)NCCNC(=O)Cc3cccs3)cc2C1=O. The molecule has 0 saturated carbocycles. The van der Waals surface area contributed by atoms with Crippen molar-refractivity contribution in [1.29, 1.82) is 0 Å². The number of hydrogen-bond acceptors (Lipinski definition) is 5. The highest BCUT2D eigenvalue weighted by atomic mass is 32.1. The number of hydrogen-bond donors (Lipinski definition) is 2. The molecule has 7 nitrogen and oxygen atoms in total. The molecule has 1 aromatic carbocycles. The van der Waals surface area contributed by atoms with E-state index in [4.69, 9.17) is 0 Å². The van der Waals surface area contributed by atoms with Crippen LogP contribution in [0.3, 0.4) is 0 Å². The van der Waals surface area contributed by atoms with Crippen LogP contribution < -0.4 is 10.6 Å². The zero-order valence-corrected chi connectivity index (χ0v) is 17.4. The third-order valence-electron chi connectivity index (χ3n) is 4.47. The first-order valence-corrected chi connectivity index (χ1v) is 10.2. The van der Waals surface area contributed by atoms with Gasteiger partial charge in [-0.1, -0.05) is 6.07 Å². The van der Waals surface area contributed by atoms with Crippen molar-refractivity contribution in [3.05, 3.63) is 57.3 Å². The van der Waals surface area contributed by atoms with Crippen LogP contribution in [0.4, 0.5) is 0 Å². The van der Waals surface area contributed by atoms with E-state index in [1.54, 1.807) is 20.8 Å². The van der Waals surface area contributed by atoms with Gasteiger partial charge in [-0.15, -0.1) is 11.3 Å². The van der Waals surface area contributed by atoms with Crippen LogP contribution >= 0.6 is 11.3 Å². The number of benzene rings is 1. The van der Waals surface area contributed by atoms with Crippen LogP contribution in [-0.4, -0.2) is 47.2 Å². The molecule has 29 heavy (non-hydrogen) atoms. The van der Waals surface area contributed by atoms with Crippen molar-refractivity contribution >= 4 is 35.0 Å². The number of nitrogens with one attached hydrogen (secondary N) is 2. The van der Waals surface area contributed by atoms with Gasteiger partial charge in [-0.3, -0.25) is 24.1 Å². The highest BCUT2D eigenvalue weighted by Gasteiger charge is 2.42. The maximum atomic E-state index is 12.6. The Morgan fingerprint density at radius 3 is 2.34 bits per heavy atom. The van der Waals surface area contributed by atoms with Crippen LogP contribution in [0.5, 0.6) is 0 Å². The average Bonchev–Trinajstić information content (AvgIpc) is 3.24. The van der Waals surface area contributed by atoms with Crippen molar-refractivity contribution in [2.75, 3.05) is 13.1 Å². The summed E-state index contributed by atoms with van der Waals surface area (Å²) < 4.78 is 0. The Morgan fingerprint density at radius 2 is 1.69 bits per heavy atom. The molecule has 0 atom stereocenters. The van der Waals surface area contributed by atoms with Crippen LogP contribution in [0.2, 0.25) is 0 Å². The summed E-state index contributed by atoms with van der Waals surface area (Å²) in [5.41, 5.74) is 0.200. The zero-order valence-electron chi connectivity index (χ0n) is 16.6. The summed E-state index contributed by atoms with van der Waals surface area (Å²) in [6, 6.07) is 8.28. The molecule has 0 radical (unpaired) electrons. The second kappa shape index (κ2) is 8.16. The topological polar surface area (TPSA) is 95.6 Å². The van der Waals surface area contributed by atoms with Gasteiger partial charge >= 0.3 is 0 Å². The molecule has 152 valence electrons. The fraction of sp³-hybridized carbons (Fsp3) is 0.333. The fourth-order valence-electron chi connectivity index (χ4n) is 3.11. The second-order valence-electron chi connectivity index (χ2n) is 7.74. The lowest BCUT2D eigenvalue weighted by atomic mass is 10.1. The number of nitrogens with zero attached hydrogens (tertiary/aromatic N) is 1. The number of rotatable bonds is 6. The summed E-state index contributed by atoms with van der Waals surface area (Å²) in [4.78, 5) is 51.5. The predicted molar refractivity (Wildman–Crippen MR) is 110 cm³/mol. The lowest BCUT2D eigenvalue weighted by Crippen LogP contribution is -2.45. The summed E-state index contributed by atoms with van der Waals surface area (Å²) in [6.07, 6.45) is 0.316. The van der Waals surface area contributed by atoms with Gasteiger partial charge in [0.25, 0.3) is 17.7 Å². The number of imide groups is 1. The summed E-state index contributed by atoms with van der Waals surface area (Å²) in [6.45, 7) is 5.92. The van der Waals surface area contributed by atoms with Crippen LogP contribution in [-0.2, 0) is 11.2 Å². The van der Waals surface area contributed by atoms with Gasteiger partial charge in [0.1, 0.15) is 0 Å². The van der Waals surface area contributed by atoms with E-state index in [1.165, 1.54) is 34.4 Å². The Balaban J connectivity index is 1.55. The molecule has 4 amide bonds. The molecular formula is C21H23N3O4S. The molecule has 0 fully saturated rings. The van der Waals surface area contributed by atoms with Gasteiger partial charge in [0.05, 0.1) is 17.5 Å². The van der Waals surface area contributed by atoms with Gasteiger partial charge in [-0.2, -0.15) is 0 Å². The number of carbonyl (C=O) groups excluding carboxylic acids is 4. The minimum atomic E-state index is -0.642. The smallest absolute Gasteiger partial charge is 0.262 e. The van der Waals surface area contributed by atoms with E-state index in [2.05, 4.69) is 10.6 Å². The summed E-state index contributed by atoms with van der Waals surface area (Å²) in [7, 11) is 0. The first-order valence-electron chi connectivity index (χ1n) is 9.28. The van der Waals surface area contributed by atoms with Crippen LogP contribution in [0.15, 0.2) is 35.7 Å². The van der Waals surface area contributed by atoms with Crippen LogP contribution in [0.25, 0.3) is 0 Å². The van der Waals surface area contributed by atoms with Crippen LogP contribution in [0, 0.1) is 0 Å². The van der Waals surface area contributed by atoms with Crippen molar-refractivity contribution in [3.8, 4) is 0 Å². The second-order valence-corrected chi connectivity index (χ2v) is 8.77. The Labute approximate surface area is 173 Å². The predicted octanol–water partition coefficient (Wildman–Crippen LogP) is 2.23. The molecule has 2 N–H and O–H groups in total. The molecule has 0 bridgehead atoms. The van der Waals surface area contributed by atoms with E-state index in [0.29, 0.717) is 24.1 Å². The zero-order chi connectivity index (χ0) is 21.2. The van der Waals surface area contributed by atoms with Gasteiger partial charge in [0.15, 0.2) is 0 Å². The van der Waals surface area contributed by atoms with Crippen molar-refractivity contribution in [3.63, 3.8) is 0 Å². The van der Waals surface area contributed by atoms with Gasteiger partial charge in [0.2, 0.25) is 5.91 Å². The van der Waals surface area contributed by atoms with E-state index in [-0.39, 0.29) is 29.8 Å². The molecule has 2 heterocycles. The summed E-state index contributed by atoms with van der Waals surface area (Å²) in [5.74, 6) is -1.22. The number of carbonyl (C=O) groups is 4. The average molecular weight is 413 g/mol. The summed E-state index contributed by atoms with van der Waals surface area (Å²) >= 11 is 1.52. The van der Waals surface area contributed by atoms with E-state index in [1.807, 2.05) is 17.5 Å². The minimum absolute atomic E-state index is 0.106. The highest BCUT2D eigenvalue weighted by Crippen LogP contribution is 2.29. The van der Waals surface area contributed by atoms with Gasteiger partial charge in [-0.05, 0) is 50.4 Å². The normalized spacial score (nSPS) is 13.4. The molecule has 1 aliphatic rings. The van der Waals surface area contributed by atoms with Crippen LogP contribution in [0.1, 0.15) is 56.7 Å². The van der Waals surface area contributed by atoms with Crippen molar-refractivity contribution < 1.29 is 19.2 Å². The molecule has 0 saturated heterocycles. The summed E-state index contributed by atoms with van der Waals surface area (Å²) in [5, 5.41) is 7.38. The van der Waals surface area contributed by atoms with E-state index in [0.717, 1.165) is 4.88 Å². The first kappa shape index (κ1) is 20.7. The number of amides is 4. The Kier molecular flexibility index (Phi) is 5.83.